The van der Waals surface area contributed by atoms with E-state index >= 15 is 0 Å². The lowest BCUT2D eigenvalue weighted by atomic mass is 9.98. The molecule has 3 rings (SSSR count). The molecule has 0 aromatic heterocycles. The minimum Gasteiger partial charge on any atom is -0.323 e. The van der Waals surface area contributed by atoms with Gasteiger partial charge in [-0.2, -0.15) is 0 Å². The monoisotopic (exact) mass is 355 g/mol. The lowest BCUT2D eigenvalue weighted by Gasteiger charge is -2.20. The van der Waals surface area contributed by atoms with Crippen molar-refractivity contribution in [3.8, 4) is 0 Å². The van der Waals surface area contributed by atoms with Crippen LogP contribution in [0.4, 0.5) is 10.5 Å². The number of nitrogens with zero attached hydrogens (tertiary/aromatic N) is 1. The molecule has 0 bridgehead atoms. The third-order valence-electron chi connectivity index (χ3n) is 4.23. The molecule has 2 N–H and O–H groups in total. The van der Waals surface area contributed by atoms with Gasteiger partial charge in [0.25, 0.3) is 5.91 Å². The maximum absolute atomic E-state index is 12.5. The number of nitrogens with one attached hydrogen (secondary N) is 2. The van der Waals surface area contributed by atoms with Crippen LogP contribution in [0, 0.1) is 0 Å². The van der Waals surface area contributed by atoms with Gasteiger partial charge in [0.2, 0.25) is 5.91 Å². The number of hydrogen-bond acceptors (Lipinski definition) is 3. The fourth-order valence-electron chi connectivity index (χ4n) is 3.08. The first kappa shape index (κ1) is 16.1. The number of carbonyl (C=O) groups is 3. The van der Waals surface area contributed by atoms with Crippen LogP contribution in [0.3, 0.4) is 0 Å². The van der Waals surface area contributed by atoms with Gasteiger partial charge in [0.05, 0.1) is 15.7 Å². The summed E-state index contributed by atoms with van der Waals surface area (Å²) < 4.78 is 0. The molecular formula is C15H15Cl2N3O3. The third kappa shape index (κ3) is 2.88. The second kappa shape index (κ2) is 6.02. The SMILES string of the molecule is O=C(CN1C(=O)NC2(CCCC2)C1=O)Nc1c(Cl)cccc1Cl. The number of benzene rings is 1. The summed E-state index contributed by atoms with van der Waals surface area (Å²) in [6, 6.07) is 4.30. The lowest BCUT2D eigenvalue weighted by Crippen LogP contribution is -2.44. The van der Waals surface area contributed by atoms with Crippen LogP contribution in [-0.4, -0.2) is 34.8 Å². The van der Waals surface area contributed by atoms with E-state index in [-0.39, 0.29) is 28.2 Å². The minimum atomic E-state index is -0.820. The predicted molar refractivity (Wildman–Crippen MR) is 86.5 cm³/mol. The summed E-state index contributed by atoms with van der Waals surface area (Å²) >= 11 is 12.0. The highest BCUT2D eigenvalue weighted by Crippen LogP contribution is 2.35. The maximum Gasteiger partial charge on any atom is 0.325 e. The Morgan fingerprint density at radius 2 is 1.83 bits per heavy atom. The number of urea groups is 1. The topological polar surface area (TPSA) is 78.5 Å². The van der Waals surface area contributed by atoms with Crippen LogP contribution in [0.1, 0.15) is 25.7 Å². The molecule has 4 amide bonds. The van der Waals surface area contributed by atoms with E-state index in [9.17, 15) is 14.4 Å². The zero-order valence-corrected chi connectivity index (χ0v) is 13.7. The second-order valence-corrected chi connectivity index (χ2v) is 6.57. The Hall–Kier alpha value is -1.79. The summed E-state index contributed by atoms with van der Waals surface area (Å²) in [6.45, 7) is -0.367. The van der Waals surface area contributed by atoms with E-state index in [4.69, 9.17) is 23.2 Å². The number of carbonyl (C=O) groups excluding carboxylic acids is 3. The van der Waals surface area contributed by atoms with Gasteiger partial charge in [-0.25, -0.2) is 4.79 Å². The summed E-state index contributed by atoms with van der Waals surface area (Å²) in [5.74, 6) is -0.862. The Balaban J connectivity index is 1.71. The Kier molecular flexibility index (Phi) is 4.21. The van der Waals surface area contributed by atoms with E-state index in [0.717, 1.165) is 17.7 Å². The Morgan fingerprint density at radius 1 is 1.22 bits per heavy atom. The number of rotatable bonds is 3. The largest absolute Gasteiger partial charge is 0.325 e. The number of anilines is 1. The molecule has 1 spiro atoms. The summed E-state index contributed by atoms with van der Waals surface area (Å²) in [5.41, 5.74) is -0.553. The van der Waals surface area contributed by atoms with E-state index in [0.29, 0.717) is 12.8 Å². The van der Waals surface area contributed by atoms with Crippen molar-refractivity contribution >= 4 is 46.7 Å². The van der Waals surface area contributed by atoms with Gasteiger partial charge in [-0.1, -0.05) is 42.1 Å². The van der Waals surface area contributed by atoms with Crippen LogP contribution in [-0.2, 0) is 9.59 Å². The second-order valence-electron chi connectivity index (χ2n) is 5.76. The summed E-state index contributed by atoms with van der Waals surface area (Å²) in [6.07, 6.45) is 3.01. The van der Waals surface area contributed by atoms with Crippen LogP contribution < -0.4 is 10.6 Å². The first-order chi connectivity index (χ1) is 10.9. The van der Waals surface area contributed by atoms with Crippen LogP contribution in [0.25, 0.3) is 0 Å². The average Bonchev–Trinajstić information content (AvgIpc) is 3.05. The standard InChI is InChI=1S/C15H15Cl2N3O3/c16-9-4-3-5-10(17)12(9)18-11(21)8-20-13(22)15(19-14(20)23)6-1-2-7-15/h3-5H,1-2,6-8H2,(H,18,21)(H,19,23). The van der Waals surface area contributed by atoms with Crippen molar-refractivity contribution in [3.05, 3.63) is 28.2 Å². The lowest BCUT2D eigenvalue weighted by molar-refractivity contribution is -0.133. The molecule has 1 aromatic carbocycles. The molecule has 1 aliphatic heterocycles. The molecule has 2 fully saturated rings. The molecule has 1 aliphatic carbocycles. The van der Waals surface area contributed by atoms with Gasteiger partial charge in [0.1, 0.15) is 12.1 Å². The van der Waals surface area contributed by atoms with Crippen LogP contribution >= 0.6 is 23.2 Å². The van der Waals surface area contributed by atoms with Crippen molar-refractivity contribution in [2.45, 2.75) is 31.2 Å². The van der Waals surface area contributed by atoms with Gasteiger partial charge in [-0.15, -0.1) is 0 Å². The zero-order chi connectivity index (χ0) is 16.6. The van der Waals surface area contributed by atoms with Crippen molar-refractivity contribution in [1.29, 1.82) is 0 Å². The molecule has 1 aromatic rings. The van der Waals surface area contributed by atoms with Crippen LogP contribution in [0.2, 0.25) is 10.0 Å². The van der Waals surface area contributed by atoms with Crippen molar-refractivity contribution < 1.29 is 14.4 Å². The van der Waals surface area contributed by atoms with E-state index in [2.05, 4.69) is 10.6 Å². The Morgan fingerprint density at radius 3 is 2.43 bits per heavy atom. The highest BCUT2D eigenvalue weighted by molar-refractivity contribution is 6.39. The smallest absolute Gasteiger partial charge is 0.323 e. The predicted octanol–water partition coefficient (Wildman–Crippen LogP) is 2.80. The number of imide groups is 1. The number of para-hydroxylation sites is 1. The molecule has 1 saturated carbocycles. The first-order valence-electron chi connectivity index (χ1n) is 7.31. The van der Waals surface area contributed by atoms with Crippen molar-refractivity contribution in [2.75, 3.05) is 11.9 Å². The van der Waals surface area contributed by atoms with Gasteiger partial charge >= 0.3 is 6.03 Å². The first-order valence-corrected chi connectivity index (χ1v) is 8.06. The molecule has 8 heteroatoms. The maximum atomic E-state index is 12.5. The fraction of sp³-hybridized carbons (Fsp3) is 0.400. The van der Waals surface area contributed by atoms with Crippen molar-refractivity contribution in [1.82, 2.24) is 10.2 Å². The third-order valence-corrected chi connectivity index (χ3v) is 4.86. The van der Waals surface area contributed by atoms with Crippen LogP contribution in [0.15, 0.2) is 18.2 Å². The minimum absolute atomic E-state index is 0.267. The zero-order valence-electron chi connectivity index (χ0n) is 12.2. The molecule has 6 nitrogen and oxygen atoms in total. The number of halogens is 2. The molecule has 1 saturated heterocycles. The quantitative estimate of drug-likeness (QED) is 0.818. The van der Waals surface area contributed by atoms with Gasteiger partial charge in [-0.3, -0.25) is 14.5 Å². The average molecular weight is 356 g/mol. The van der Waals surface area contributed by atoms with E-state index in [1.165, 1.54) is 0 Å². The van der Waals surface area contributed by atoms with Crippen LogP contribution in [0.5, 0.6) is 0 Å². The molecule has 23 heavy (non-hydrogen) atoms. The Labute approximate surface area is 143 Å². The van der Waals surface area contributed by atoms with Gasteiger partial charge in [0, 0.05) is 0 Å². The van der Waals surface area contributed by atoms with Crippen molar-refractivity contribution in [2.24, 2.45) is 0 Å². The fourth-order valence-corrected chi connectivity index (χ4v) is 3.57. The molecule has 2 aliphatic rings. The van der Waals surface area contributed by atoms with E-state index < -0.39 is 17.5 Å². The highest BCUT2D eigenvalue weighted by Gasteiger charge is 2.52. The number of hydrogen-bond donors (Lipinski definition) is 2. The van der Waals surface area contributed by atoms with Gasteiger partial charge in [-0.05, 0) is 25.0 Å². The number of amides is 4. The molecular weight excluding hydrogens is 341 g/mol. The highest BCUT2D eigenvalue weighted by atomic mass is 35.5. The molecule has 0 radical (unpaired) electrons. The van der Waals surface area contributed by atoms with E-state index in [1.807, 2.05) is 0 Å². The summed E-state index contributed by atoms with van der Waals surface area (Å²) in [4.78, 5) is 37.6. The van der Waals surface area contributed by atoms with Crippen molar-refractivity contribution in [3.63, 3.8) is 0 Å². The van der Waals surface area contributed by atoms with E-state index in [1.54, 1.807) is 18.2 Å². The summed E-state index contributed by atoms with van der Waals surface area (Å²) in [5, 5.41) is 5.85. The molecule has 1 heterocycles. The Bertz CT molecular complexity index is 666. The molecule has 0 unspecified atom stereocenters. The van der Waals surface area contributed by atoms with Gasteiger partial charge in [0.15, 0.2) is 0 Å². The molecule has 0 atom stereocenters. The summed E-state index contributed by atoms with van der Waals surface area (Å²) in [7, 11) is 0. The van der Waals surface area contributed by atoms with Gasteiger partial charge < -0.3 is 10.6 Å². The normalized spacial score (nSPS) is 19.3. The molecule has 122 valence electrons.